The summed E-state index contributed by atoms with van der Waals surface area (Å²) in [5.74, 6) is -1.61. The van der Waals surface area contributed by atoms with Gasteiger partial charge in [-0.05, 0) is 12.5 Å². The van der Waals surface area contributed by atoms with E-state index in [-0.39, 0.29) is 11.3 Å². The highest BCUT2D eigenvalue weighted by atomic mass is 16.4. The summed E-state index contributed by atoms with van der Waals surface area (Å²) >= 11 is 0. The average molecular weight is 277 g/mol. The third-order valence-electron chi connectivity index (χ3n) is 2.79. The van der Waals surface area contributed by atoms with E-state index < -0.39 is 11.9 Å². The van der Waals surface area contributed by atoms with Crippen molar-refractivity contribution in [3.8, 4) is 0 Å². The van der Waals surface area contributed by atoms with E-state index >= 15 is 0 Å². The lowest BCUT2D eigenvalue weighted by atomic mass is 10.2. The Hall–Kier alpha value is -2.64. The molecule has 0 spiro atoms. The zero-order valence-corrected chi connectivity index (χ0v) is 11.0. The molecule has 2 heterocycles. The maximum Gasteiger partial charge on any atom is 0.339 e. The van der Waals surface area contributed by atoms with E-state index in [2.05, 4.69) is 15.5 Å². The molecule has 0 radical (unpaired) electrons. The van der Waals surface area contributed by atoms with Crippen LogP contribution in [-0.4, -0.2) is 43.1 Å². The van der Waals surface area contributed by atoms with Crippen molar-refractivity contribution < 1.29 is 14.7 Å². The van der Waals surface area contributed by atoms with Gasteiger partial charge in [0.05, 0.1) is 6.20 Å². The Morgan fingerprint density at radius 1 is 1.40 bits per heavy atom. The molecule has 8 heteroatoms. The number of carbonyl (C=O) groups excluding carboxylic acids is 1. The van der Waals surface area contributed by atoms with Crippen LogP contribution in [0.3, 0.4) is 0 Å². The molecule has 8 nitrogen and oxygen atoms in total. The second-order valence-corrected chi connectivity index (χ2v) is 4.21. The van der Waals surface area contributed by atoms with Crippen molar-refractivity contribution in [3.63, 3.8) is 0 Å². The third kappa shape index (κ3) is 3.02. The maximum absolute atomic E-state index is 12.0. The fourth-order valence-corrected chi connectivity index (χ4v) is 1.82. The molecule has 0 saturated carbocycles. The van der Waals surface area contributed by atoms with E-state index in [1.807, 2.05) is 12.3 Å². The van der Waals surface area contributed by atoms with Gasteiger partial charge in [0.15, 0.2) is 0 Å². The van der Waals surface area contributed by atoms with Gasteiger partial charge < -0.3 is 10.4 Å². The van der Waals surface area contributed by atoms with Crippen LogP contribution >= 0.6 is 0 Å². The molecule has 106 valence electrons. The summed E-state index contributed by atoms with van der Waals surface area (Å²) in [6.07, 6.45) is 5.40. The van der Waals surface area contributed by atoms with E-state index in [1.54, 1.807) is 10.9 Å². The standard InChI is InChI=1S/C12H15N5O3/c1-16-10(9(8-15-16)12(19)20)11(18)13-4-2-6-17-7-3-5-14-17/h3,5,7-8H,2,4,6H2,1H3,(H,13,18)(H,19,20). The molecule has 0 atom stereocenters. The number of nitrogens with zero attached hydrogens (tertiary/aromatic N) is 4. The van der Waals surface area contributed by atoms with Crippen LogP contribution in [0.5, 0.6) is 0 Å². The van der Waals surface area contributed by atoms with Gasteiger partial charge in [-0.1, -0.05) is 0 Å². The van der Waals surface area contributed by atoms with Gasteiger partial charge in [0.2, 0.25) is 0 Å². The van der Waals surface area contributed by atoms with Crippen molar-refractivity contribution in [2.45, 2.75) is 13.0 Å². The molecule has 0 fully saturated rings. The van der Waals surface area contributed by atoms with E-state index in [4.69, 9.17) is 5.11 Å². The fraction of sp³-hybridized carbons (Fsp3) is 0.333. The zero-order valence-electron chi connectivity index (χ0n) is 11.0. The lowest BCUT2D eigenvalue weighted by molar-refractivity contribution is 0.0690. The molecular formula is C12H15N5O3. The summed E-state index contributed by atoms with van der Waals surface area (Å²) in [4.78, 5) is 22.9. The number of nitrogens with one attached hydrogen (secondary N) is 1. The summed E-state index contributed by atoms with van der Waals surface area (Å²) in [6, 6.07) is 1.83. The Balaban J connectivity index is 1.89. The minimum absolute atomic E-state index is 0.0524. The highest BCUT2D eigenvalue weighted by Gasteiger charge is 2.20. The number of hydrogen-bond acceptors (Lipinski definition) is 4. The number of rotatable bonds is 6. The third-order valence-corrected chi connectivity index (χ3v) is 2.79. The number of carbonyl (C=O) groups is 2. The number of hydrogen-bond donors (Lipinski definition) is 2. The molecule has 0 unspecified atom stereocenters. The van der Waals surface area contributed by atoms with Crippen LogP contribution in [0.15, 0.2) is 24.7 Å². The normalized spacial score (nSPS) is 10.4. The molecule has 0 saturated heterocycles. The predicted octanol–water partition coefficient (Wildman–Crippen LogP) is 0.135. The largest absolute Gasteiger partial charge is 0.478 e. The molecule has 2 N–H and O–H groups in total. The Morgan fingerprint density at radius 2 is 2.20 bits per heavy atom. The smallest absolute Gasteiger partial charge is 0.339 e. The van der Waals surface area contributed by atoms with Gasteiger partial charge in [-0.3, -0.25) is 14.2 Å². The molecule has 0 aromatic carbocycles. The van der Waals surface area contributed by atoms with Crippen molar-refractivity contribution in [2.24, 2.45) is 7.05 Å². The van der Waals surface area contributed by atoms with Gasteiger partial charge in [0.1, 0.15) is 11.3 Å². The first-order chi connectivity index (χ1) is 9.59. The highest BCUT2D eigenvalue weighted by molar-refractivity contribution is 6.03. The van der Waals surface area contributed by atoms with Gasteiger partial charge in [-0.25, -0.2) is 4.79 Å². The lowest BCUT2D eigenvalue weighted by Crippen LogP contribution is -2.28. The zero-order chi connectivity index (χ0) is 14.5. The molecule has 20 heavy (non-hydrogen) atoms. The van der Waals surface area contributed by atoms with E-state index in [9.17, 15) is 9.59 Å². The molecule has 2 aromatic heterocycles. The van der Waals surface area contributed by atoms with Crippen LogP contribution in [0, 0.1) is 0 Å². The number of aromatic nitrogens is 4. The molecular weight excluding hydrogens is 262 g/mol. The first kappa shape index (κ1) is 13.8. The second kappa shape index (κ2) is 6.00. The molecule has 0 aliphatic heterocycles. The summed E-state index contributed by atoms with van der Waals surface area (Å²) in [5.41, 5.74) is -0.0475. The summed E-state index contributed by atoms with van der Waals surface area (Å²) in [7, 11) is 1.53. The minimum Gasteiger partial charge on any atom is -0.478 e. The van der Waals surface area contributed by atoms with Crippen molar-refractivity contribution in [2.75, 3.05) is 6.54 Å². The number of carboxylic acids is 1. The summed E-state index contributed by atoms with van der Waals surface area (Å²) < 4.78 is 3.02. The van der Waals surface area contributed by atoms with Crippen molar-refractivity contribution in [1.82, 2.24) is 24.9 Å². The maximum atomic E-state index is 12.0. The van der Waals surface area contributed by atoms with Crippen molar-refractivity contribution in [1.29, 1.82) is 0 Å². The van der Waals surface area contributed by atoms with Gasteiger partial charge >= 0.3 is 5.97 Å². The van der Waals surface area contributed by atoms with Crippen LogP contribution in [0.4, 0.5) is 0 Å². The number of amides is 1. The minimum atomic E-state index is -1.17. The van der Waals surface area contributed by atoms with E-state index in [0.717, 1.165) is 0 Å². The predicted molar refractivity (Wildman–Crippen MR) is 69.3 cm³/mol. The van der Waals surface area contributed by atoms with Crippen LogP contribution in [0.25, 0.3) is 0 Å². The Bertz CT molecular complexity index is 603. The SMILES string of the molecule is Cn1ncc(C(=O)O)c1C(=O)NCCCn1cccn1. The molecule has 1 amide bonds. The van der Waals surface area contributed by atoms with Crippen LogP contribution in [0.1, 0.15) is 27.3 Å². The van der Waals surface area contributed by atoms with Gasteiger partial charge in [-0.15, -0.1) is 0 Å². The topological polar surface area (TPSA) is 102 Å². The Labute approximate surface area is 115 Å². The van der Waals surface area contributed by atoms with Gasteiger partial charge in [-0.2, -0.15) is 10.2 Å². The van der Waals surface area contributed by atoms with Crippen molar-refractivity contribution >= 4 is 11.9 Å². The van der Waals surface area contributed by atoms with Crippen LogP contribution in [0.2, 0.25) is 0 Å². The molecule has 0 aliphatic rings. The summed E-state index contributed by atoms with van der Waals surface area (Å²) in [5, 5.41) is 19.5. The van der Waals surface area contributed by atoms with Crippen LogP contribution in [-0.2, 0) is 13.6 Å². The first-order valence-corrected chi connectivity index (χ1v) is 6.10. The van der Waals surface area contributed by atoms with E-state index in [1.165, 1.54) is 17.9 Å². The Morgan fingerprint density at radius 3 is 2.85 bits per heavy atom. The lowest BCUT2D eigenvalue weighted by Gasteiger charge is -2.06. The van der Waals surface area contributed by atoms with Crippen molar-refractivity contribution in [3.05, 3.63) is 35.9 Å². The van der Waals surface area contributed by atoms with Gasteiger partial charge in [0.25, 0.3) is 5.91 Å². The highest BCUT2D eigenvalue weighted by Crippen LogP contribution is 2.07. The van der Waals surface area contributed by atoms with Gasteiger partial charge in [0, 0.05) is 32.5 Å². The fourth-order valence-electron chi connectivity index (χ4n) is 1.82. The van der Waals surface area contributed by atoms with Crippen LogP contribution < -0.4 is 5.32 Å². The number of aromatic carboxylic acids is 1. The Kier molecular flexibility index (Phi) is 4.14. The number of carboxylic acid groups (broad SMARTS) is 1. The molecule has 0 aliphatic carbocycles. The summed E-state index contributed by atoms with van der Waals surface area (Å²) in [6.45, 7) is 1.12. The average Bonchev–Trinajstić information content (AvgIpc) is 3.03. The second-order valence-electron chi connectivity index (χ2n) is 4.21. The molecule has 2 aromatic rings. The molecule has 2 rings (SSSR count). The quantitative estimate of drug-likeness (QED) is 0.731. The first-order valence-electron chi connectivity index (χ1n) is 6.10. The molecule has 0 bridgehead atoms. The number of aryl methyl sites for hydroxylation is 2. The van der Waals surface area contributed by atoms with E-state index in [0.29, 0.717) is 19.5 Å². The monoisotopic (exact) mass is 277 g/mol.